The highest BCUT2D eigenvalue weighted by Crippen LogP contribution is 2.35. The number of nitrogens with zero attached hydrogens (tertiary/aromatic N) is 3. The number of hydrogen-bond acceptors (Lipinski definition) is 4. The van der Waals surface area contributed by atoms with Crippen LogP contribution in [0.3, 0.4) is 0 Å². The lowest BCUT2D eigenvalue weighted by Crippen LogP contribution is -2.43. The number of hydrogen-bond donors (Lipinski definition) is 0. The van der Waals surface area contributed by atoms with Crippen LogP contribution in [-0.2, 0) is 16.1 Å². The summed E-state index contributed by atoms with van der Waals surface area (Å²) in [4.78, 5) is 32.8. The zero-order valence-corrected chi connectivity index (χ0v) is 19.0. The molecule has 2 aromatic carbocycles. The summed E-state index contributed by atoms with van der Waals surface area (Å²) in [7, 11) is 4.06. The Morgan fingerprint density at radius 3 is 2.29 bits per heavy atom. The minimum absolute atomic E-state index is 0.164. The van der Waals surface area contributed by atoms with Gasteiger partial charge < -0.3 is 9.80 Å². The lowest BCUT2D eigenvalue weighted by molar-refractivity contribution is -0.138. The molecule has 2 aliphatic rings. The number of aryl methyl sites for hydroxylation is 1. The third-order valence-corrected chi connectivity index (χ3v) is 6.73. The van der Waals surface area contributed by atoms with Gasteiger partial charge in [0.2, 0.25) is 0 Å². The monoisotopic (exact) mass is 437 g/mol. The van der Waals surface area contributed by atoms with Crippen LogP contribution >= 0.6 is 11.6 Å². The lowest BCUT2D eigenvalue weighted by atomic mass is 9.99. The summed E-state index contributed by atoms with van der Waals surface area (Å²) in [5.41, 5.74) is 3.63. The molecule has 31 heavy (non-hydrogen) atoms. The molecule has 2 aromatic rings. The van der Waals surface area contributed by atoms with Gasteiger partial charge in [-0.2, -0.15) is 0 Å². The minimum atomic E-state index is -0.261. The molecule has 2 aliphatic heterocycles. The fraction of sp³-hybridized carbons (Fsp3) is 0.360. The summed E-state index contributed by atoms with van der Waals surface area (Å²) < 4.78 is 0. The van der Waals surface area contributed by atoms with Crippen LogP contribution in [0.5, 0.6) is 0 Å². The van der Waals surface area contributed by atoms with Crippen LogP contribution in [0.4, 0.5) is 0 Å². The molecule has 0 aromatic heterocycles. The zero-order valence-electron chi connectivity index (χ0n) is 18.3. The Kier molecular flexibility index (Phi) is 6.17. The van der Waals surface area contributed by atoms with Crippen molar-refractivity contribution in [3.8, 4) is 0 Å². The number of piperidine rings is 1. The Labute approximate surface area is 188 Å². The lowest BCUT2D eigenvalue weighted by Gasteiger charge is -2.36. The number of amides is 2. The van der Waals surface area contributed by atoms with E-state index in [-0.39, 0.29) is 24.4 Å². The second kappa shape index (κ2) is 8.85. The highest BCUT2D eigenvalue weighted by molar-refractivity contribution is 6.35. The van der Waals surface area contributed by atoms with Gasteiger partial charge in [0.05, 0.1) is 12.1 Å². The van der Waals surface area contributed by atoms with E-state index in [0.717, 1.165) is 42.6 Å². The Balaban J connectivity index is 1.72. The molecule has 5 nitrogen and oxygen atoms in total. The SMILES string of the molecule is Cc1ccc(C2=C(N(C)C3CCN(C)CC3)C(=O)N(Cc3ccccc3Cl)C2=O)cc1. The molecule has 0 N–H and O–H groups in total. The van der Waals surface area contributed by atoms with Gasteiger partial charge in [-0.15, -0.1) is 0 Å². The van der Waals surface area contributed by atoms with E-state index in [2.05, 4.69) is 11.9 Å². The van der Waals surface area contributed by atoms with Gasteiger partial charge in [-0.25, -0.2) is 0 Å². The Morgan fingerprint density at radius 2 is 1.65 bits per heavy atom. The summed E-state index contributed by atoms with van der Waals surface area (Å²) >= 11 is 6.33. The topological polar surface area (TPSA) is 43.9 Å². The first kappa shape index (κ1) is 21.6. The second-order valence-electron chi connectivity index (χ2n) is 8.52. The Hall–Kier alpha value is -2.63. The third kappa shape index (κ3) is 4.25. The van der Waals surface area contributed by atoms with Gasteiger partial charge in [-0.3, -0.25) is 14.5 Å². The maximum Gasteiger partial charge on any atom is 0.278 e. The largest absolute Gasteiger partial charge is 0.366 e. The molecule has 2 heterocycles. The molecule has 0 atom stereocenters. The maximum atomic E-state index is 13.6. The van der Waals surface area contributed by atoms with Gasteiger partial charge in [0.25, 0.3) is 11.8 Å². The average Bonchev–Trinajstić information content (AvgIpc) is 3.00. The van der Waals surface area contributed by atoms with E-state index in [1.807, 2.05) is 61.3 Å². The van der Waals surface area contributed by atoms with Crippen molar-refractivity contribution in [1.82, 2.24) is 14.7 Å². The van der Waals surface area contributed by atoms with E-state index in [1.165, 1.54) is 4.90 Å². The van der Waals surface area contributed by atoms with Gasteiger partial charge >= 0.3 is 0 Å². The van der Waals surface area contributed by atoms with Crippen molar-refractivity contribution in [3.63, 3.8) is 0 Å². The Morgan fingerprint density at radius 1 is 1.00 bits per heavy atom. The molecule has 162 valence electrons. The molecule has 0 spiro atoms. The molecule has 6 heteroatoms. The fourth-order valence-electron chi connectivity index (χ4n) is 4.38. The van der Waals surface area contributed by atoms with Crippen LogP contribution in [0, 0.1) is 6.92 Å². The summed E-state index contributed by atoms with van der Waals surface area (Å²) in [5, 5.41) is 0.553. The molecule has 0 radical (unpaired) electrons. The van der Waals surface area contributed by atoms with Crippen molar-refractivity contribution >= 4 is 29.0 Å². The molecular formula is C25H28ClN3O2. The van der Waals surface area contributed by atoms with Crippen molar-refractivity contribution in [3.05, 3.63) is 75.9 Å². The first-order valence-electron chi connectivity index (χ1n) is 10.7. The predicted octanol–water partition coefficient (Wildman–Crippen LogP) is 3.95. The molecule has 4 rings (SSSR count). The van der Waals surface area contributed by atoms with E-state index in [0.29, 0.717) is 16.3 Å². The van der Waals surface area contributed by atoms with Gasteiger partial charge in [0.15, 0.2) is 0 Å². The van der Waals surface area contributed by atoms with Gasteiger partial charge in [0, 0.05) is 18.1 Å². The maximum absolute atomic E-state index is 13.6. The number of likely N-dealkylation sites (N-methyl/N-ethyl adjacent to an activating group) is 1. The van der Waals surface area contributed by atoms with Crippen LogP contribution in [-0.4, -0.2) is 59.7 Å². The van der Waals surface area contributed by atoms with Gasteiger partial charge in [-0.1, -0.05) is 59.6 Å². The summed E-state index contributed by atoms with van der Waals surface area (Å²) in [6, 6.07) is 15.4. The summed E-state index contributed by atoms with van der Waals surface area (Å²) in [6.07, 6.45) is 1.92. The highest BCUT2D eigenvalue weighted by Gasteiger charge is 2.42. The molecule has 2 amide bonds. The first-order chi connectivity index (χ1) is 14.9. The standard InChI is InChI=1S/C25H28ClN3O2/c1-17-8-10-18(11-9-17)22-23(28(3)20-12-14-27(2)15-13-20)25(31)29(24(22)30)16-19-6-4-5-7-21(19)26/h4-11,20H,12-16H2,1-3H3. The normalized spacial score (nSPS) is 18.3. The molecule has 1 fully saturated rings. The number of carbonyl (C=O) groups excluding carboxylic acids is 2. The van der Waals surface area contributed by atoms with Crippen molar-refractivity contribution in [2.75, 3.05) is 27.2 Å². The van der Waals surface area contributed by atoms with Crippen LogP contribution in [0.25, 0.3) is 5.57 Å². The number of likely N-dealkylation sites (tertiary alicyclic amines) is 1. The number of imide groups is 1. The quantitative estimate of drug-likeness (QED) is 0.664. The number of rotatable bonds is 5. The molecule has 0 unspecified atom stereocenters. The number of carbonyl (C=O) groups is 2. The van der Waals surface area contributed by atoms with Crippen LogP contribution in [0.2, 0.25) is 5.02 Å². The fourth-order valence-corrected chi connectivity index (χ4v) is 4.57. The Bertz CT molecular complexity index is 1020. The molecular weight excluding hydrogens is 410 g/mol. The van der Waals surface area contributed by atoms with Gasteiger partial charge in [-0.05, 0) is 57.1 Å². The average molecular weight is 438 g/mol. The molecule has 0 aliphatic carbocycles. The van der Waals surface area contributed by atoms with Crippen LogP contribution in [0.1, 0.15) is 29.5 Å². The number of halogens is 1. The second-order valence-corrected chi connectivity index (χ2v) is 8.93. The van der Waals surface area contributed by atoms with Crippen LogP contribution in [0.15, 0.2) is 54.2 Å². The van der Waals surface area contributed by atoms with Gasteiger partial charge in [0.1, 0.15) is 5.70 Å². The van der Waals surface area contributed by atoms with E-state index >= 15 is 0 Å². The molecule has 0 saturated carbocycles. The van der Waals surface area contributed by atoms with Crippen molar-refractivity contribution < 1.29 is 9.59 Å². The molecule has 1 saturated heterocycles. The summed E-state index contributed by atoms with van der Waals surface area (Å²) in [5.74, 6) is -0.509. The van der Waals surface area contributed by atoms with E-state index < -0.39 is 0 Å². The predicted molar refractivity (Wildman–Crippen MR) is 123 cm³/mol. The van der Waals surface area contributed by atoms with E-state index in [1.54, 1.807) is 6.07 Å². The van der Waals surface area contributed by atoms with Crippen molar-refractivity contribution in [1.29, 1.82) is 0 Å². The third-order valence-electron chi connectivity index (χ3n) is 6.36. The van der Waals surface area contributed by atoms with Crippen molar-refractivity contribution in [2.24, 2.45) is 0 Å². The zero-order chi connectivity index (χ0) is 22.1. The number of benzene rings is 2. The highest BCUT2D eigenvalue weighted by atomic mass is 35.5. The van der Waals surface area contributed by atoms with Crippen LogP contribution < -0.4 is 0 Å². The molecule has 0 bridgehead atoms. The first-order valence-corrected chi connectivity index (χ1v) is 11.1. The summed E-state index contributed by atoms with van der Waals surface area (Å²) in [6.45, 7) is 4.13. The van der Waals surface area contributed by atoms with Crippen molar-refractivity contribution in [2.45, 2.75) is 32.4 Å². The minimum Gasteiger partial charge on any atom is -0.366 e. The van der Waals surface area contributed by atoms with E-state index in [4.69, 9.17) is 11.6 Å². The van der Waals surface area contributed by atoms with E-state index in [9.17, 15) is 9.59 Å². The smallest absolute Gasteiger partial charge is 0.278 e.